The molecule has 0 aliphatic rings. The molecule has 12 heteroatoms. The van der Waals surface area contributed by atoms with Crippen molar-refractivity contribution < 1.29 is 36.2 Å². The van der Waals surface area contributed by atoms with Gasteiger partial charge in [0.2, 0.25) is 0 Å². The lowest BCUT2D eigenvalue weighted by molar-refractivity contribution is -0.138. The number of nitrogens with zero attached hydrogens (tertiary/aromatic N) is 3. The van der Waals surface area contributed by atoms with Gasteiger partial charge >= 0.3 is 12.4 Å². The molecule has 1 aromatic heterocycles. The van der Waals surface area contributed by atoms with Gasteiger partial charge in [-0.15, -0.1) is 0 Å². The number of carbonyl (C=O) groups excluding carboxylic acids is 1. The average Bonchev–Trinajstić information content (AvgIpc) is 3.02. The Morgan fingerprint density at radius 3 is 2.44 bits per heavy atom. The number of carbonyl (C=O) groups is 1. The first-order valence-electron chi connectivity index (χ1n) is 7.11. The molecule has 1 amide bonds. The van der Waals surface area contributed by atoms with Crippen molar-refractivity contribution in [3.63, 3.8) is 0 Å². The summed E-state index contributed by atoms with van der Waals surface area (Å²) in [5.74, 6) is -1.16. The van der Waals surface area contributed by atoms with Gasteiger partial charge in [0.1, 0.15) is 0 Å². The summed E-state index contributed by atoms with van der Waals surface area (Å²) in [5.41, 5.74) is -3.37. The second kappa shape index (κ2) is 7.28. The molecule has 0 spiro atoms. The summed E-state index contributed by atoms with van der Waals surface area (Å²) in [7, 11) is 0. The van der Waals surface area contributed by atoms with E-state index in [0.29, 0.717) is 23.1 Å². The Bertz CT molecular complexity index is 882. The van der Waals surface area contributed by atoms with Crippen molar-refractivity contribution in [1.82, 2.24) is 9.78 Å². The van der Waals surface area contributed by atoms with Crippen LogP contribution in [0.2, 0.25) is 0 Å². The van der Waals surface area contributed by atoms with E-state index in [4.69, 9.17) is 5.26 Å². The smallest absolute Gasteiger partial charge is 0.381 e. The van der Waals surface area contributed by atoms with Crippen molar-refractivity contribution in [2.75, 3.05) is 5.32 Å². The first-order chi connectivity index (χ1) is 12.4. The molecule has 144 valence electrons. The zero-order chi connectivity index (χ0) is 20.4. The van der Waals surface area contributed by atoms with Gasteiger partial charge < -0.3 is 10.4 Å². The van der Waals surface area contributed by atoms with E-state index in [0.717, 1.165) is 12.1 Å². The second-order valence-corrected chi connectivity index (χ2v) is 5.32. The van der Waals surface area contributed by atoms with E-state index in [1.807, 2.05) is 5.32 Å². The van der Waals surface area contributed by atoms with Gasteiger partial charge in [-0.25, -0.2) is 0 Å². The van der Waals surface area contributed by atoms with Crippen LogP contribution in [0.1, 0.15) is 16.7 Å². The van der Waals surface area contributed by atoms with Gasteiger partial charge in [0, 0.05) is 11.9 Å². The first-order valence-corrected chi connectivity index (χ1v) is 7.11. The number of rotatable bonds is 4. The van der Waals surface area contributed by atoms with Crippen LogP contribution < -0.4 is 5.32 Å². The monoisotopic (exact) mass is 392 g/mol. The Kier molecular flexibility index (Phi) is 5.46. The lowest BCUT2D eigenvalue weighted by Gasteiger charge is -2.14. The molecular formula is C15H10F6N4O2. The topological polar surface area (TPSA) is 90.9 Å². The van der Waals surface area contributed by atoms with Gasteiger partial charge in [-0.3, -0.25) is 9.48 Å². The third kappa shape index (κ3) is 4.98. The maximum atomic E-state index is 12.9. The van der Waals surface area contributed by atoms with Gasteiger partial charge in [0.25, 0.3) is 5.91 Å². The van der Waals surface area contributed by atoms with E-state index < -0.39 is 47.6 Å². The van der Waals surface area contributed by atoms with E-state index >= 15 is 0 Å². The van der Waals surface area contributed by atoms with E-state index in [-0.39, 0.29) is 5.69 Å². The molecule has 0 saturated carbocycles. The number of halogens is 6. The van der Waals surface area contributed by atoms with Crippen molar-refractivity contribution in [3.8, 4) is 6.07 Å². The molecule has 0 radical (unpaired) electrons. The van der Waals surface area contributed by atoms with Crippen molar-refractivity contribution in [1.29, 1.82) is 5.26 Å². The molecular weight excluding hydrogens is 382 g/mol. The van der Waals surface area contributed by atoms with E-state index in [1.165, 1.54) is 6.07 Å². The Balaban J connectivity index is 2.11. The Morgan fingerprint density at radius 2 is 1.93 bits per heavy atom. The largest absolute Gasteiger partial charge is 0.419 e. The number of hydrogen-bond acceptors (Lipinski definition) is 4. The molecule has 0 unspecified atom stereocenters. The number of aliphatic hydroxyl groups is 1. The molecule has 1 heterocycles. The van der Waals surface area contributed by atoms with Crippen molar-refractivity contribution in [3.05, 3.63) is 47.3 Å². The number of anilines is 1. The van der Waals surface area contributed by atoms with Gasteiger partial charge in [-0.1, -0.05) is 0 Å². The minimum absolute atomic E-state index is 0.346. The van der Waals surface area contributed by atoms with Gasteiger partial charge in [-0.2, -0.15) is 36.7 Å². The highest BCUT2D eigenvalue weighted by atomic mass is 19.4. The molecule has 1 aromatic carbocycles. The van der Waals surface area contributed by atoms with Crippen LogP contribution in [-0.4, -0.2) is 26.9 Å². The van der Waals surface area contributed by atoms with Crippen LogP contribution >= 0.6 is 0 Å². The molecule has 0 aliphatic carbocycles. The molecule has 2 aromatic rings. The highest BCUT2D eigenvalue weighted by Crippen LogP contribution is 2.33. The van der Waals surface area contributed by atoms with E-state index in [9.17, 15) is 36.2 Å². The number of hydrogen-bond donors (Lipinski definition) is 2. The Hall–Kier alpha value is -3.07. The Labute approximate surface area is 147 Å². The number of nitrogens with one attached hydrogen (secondary N) is 1. The van der Waals surface area contributed by atoms with Crippen molar-refractivity contribution in [2.45, 2.75) is 25.0 Å². The minimum Gasteiger partial charge on any atom is -0.381 e. The summed E-state index contributed by atoms with van der Waals surface area (Å²) >= 11 is 0. The maximum Gasteiger partial charge on any atom is 0.419 e. The lowest BCUT2D eigenvalue weighted by Crippen LogP contribution is -2.32. The fourth-order valence-corrected chi connectivity index (χ4v) is 2.05. The zero-order valence-electron chi connectivity index (χ0n) is 13.1. The molecule has 1 atom stereocenters. The zero-order valence-corrected chi connectivity index (χ0v) is 13.1. The average molecular weight is 392 g/mol. The second-order valence-electron chi connectivity index (χ2n) is 5.32. The van der Waals surface area contributed by atoms with Gasteiger partial charge in [0.05, 0.1) is 35.5 Å². The number of amides is 1. The molecule has 2 rings (SSSR count). The summed E-state index contributed by atoms with van der Waals surface area (Å²) in [6.07, 6.45) is -10.3. The summed E-state index contributed by atoms with van der Waals surface area (Å²) in [6.45, 7) is -0.648. The predicted molar refractivity (Wildman–Crippen MR) is 78.0 cm³/mol. The van der Waals surface area contributed by atoms with E-state index in [2.05, 4.69) is 5.10 Å². The van der Waals surface area contributed by atoms with Crippen molar-refractivity contribution in [2.24, 2.45) is 0 Å². The minimum atomic E-state index is -4.84. The standard InChI is InChI=1S/C15H10F6N4O2/c16-14(17,18)9-5-23-25(6-9)7-12(26)13(27)24-10-2-1-8(4-22)11(3-10)15(19,20)21/h1-3,5-6,12,26H,7H2,(H,24,27)/t12-/m0/s1. The molecule has 0 saturated heterocycles. The highest BCUT2D eigenvalue weighted by molar-refractivity contribution is 5.94. The number of nitriles is 1. The van der Waals surface area contributed by atoms with Crippen LogP contribution in [0.3, 0.4) is 0 Å². The first kappa shape index (κ1) is 20.2. The number of aliphatic hydroxyl groups excluding tert-OH is 1. The SMILES string of the molecule is N#Cc1ccc(NC(=O)[C@@H](O)Cn2cc(C(F)(F)F)cn2)cc1C(F)(F)F. The fourth-order valence-electron chi connectivity index (χ4n) is 2.05. The highest BCUT2D eigenvalue weighted by Gasteiger charge is 2.34. The molecule has 0 bridgehead atoms. The van der Waals surface area contributed by atoms with Crippen LogP contribution in [0, 0.1) is 11.3 Å². The molecule has 0 fully saturated rings. The Morgan fingerprint density at radius 1 is 1.26 bits per heavy atom. The molecule has 2 N–H and O–H groups in total. The number of aromatic nitrogens is 2. The fraction of sp³-hybridized carbons (Fsp3) is 0.267. The van der Waals surface area contributed by atoms with Crippen LogP contribution in [-0.2, 0) is 23.7 Å². The van der Waals surface area contributed by atoms with Gasteiger partial charge in [-0.05, 0) is 18.2 Å². The lowest BCUT2D eigenvalue weighted by atomic mass is 10.1. The number of benzene rings is 1. The summed E-state index contributed by atoms with van der Waals surface area (Å²) < 4.78 is 76.7. The number of alkyl halides is 6. The third-order valence-corrected chi connectivity index (χ3v) is 3.34. The summed E-state index contributed by atoms with van der Waals surface area (Å²) in [6, 6.07) is 3.74. The van der Waals surface area contributed by atoms with Crippen LogP contribution in [0.15, 0.2) is 30.6 Å². The molecule has 27 heavy (non-hydrogen) atoms. The van der Waals surface area contributed by atoms with E-state index in [1.54, 1.807) is 0 Å². The van der Waals surface area contributed by atoms with Crippen LogP contribution in [0.25, 0.3) is 0 Å². The molecule has 6 nitrogen and oxygen atoms in total. The van der Waals surface area contributed by atoms with Crippen LogP contribution in [0.5, 0.6) is 0 Å². The summed E-state index contributed by atoms with van der Waals surface area (Å²) in [4.78, 5) is 11.9. The van der Waals surface area contributed by atoms with Crippen LogP contribution in [0.4, 0.5) is 32.0 Å². The van der Waals surface area contributed by atoms with Gasteiger partial charge in [0.15, 0.2) is 6.10 Å². The maximum absolute atomic E-state index is 12.9. The molecule has 0 aliphatic heterocycles. The van der Waals surface area contributed by atoms with Crippen molar-refractivity contribution >= 4 is 11.6 Å². The summed E-state index contributed by atoms with van der Waals surface area (Å²) in [5, 5.41) is 23.8. The predicted octanol–water partition coefficient (Wildman–Crippen LogP) is 2.79. The quantitative estimate of drug-likeness (QED) is 0.783. The third-order valence-electron chi connectivity index (χ3n) is 3.34. The normalized spacial score (nSPS) is 13.1.